The minimum Gasteiger partial charge on any atom is -0.326 e. The number of nitrogens with one attached hydrogen (secondary N) is 3. The Hall–Kier alpha value is -3.74. The average molecular weight is 407 g/mol. The third-order valence-corrected chi connectivity index (χ3v) is 4.32. The zero-order valence-electron chi connectivity index (χ0n) is 17.5. The number of carbonyl (C=O) groups excluding carboxylic acids is 4. The Balaban J connectivity index is 2.08. The van der Waals surface area contributed by atoms with Crippen LogP contribution in [0.1, 0.15) is 43.6 Å². The van der Waals surface area contributed by atoms with Gasteiger partial charge >= 0.3 is 0 Å². The Labute approximate surface area is 175 Å². The van der Waals surface area contributed by atoms with Gasteiger partial charge in [0.1, 0.15) is 0 Å². The van der Waals surface area contributed by atoms with Crippen LogP contribution in [-0.2, 0) is 20.8 Å². The summed E-state index contributed by atoms with van der Waals surface area (Å²) in [6.45, 7) is 6.36. The number of carbonyl (C=O) groups is 4. The topological polar surface area (TPSA) is 104 Å². The molecule has 0 aliphatic carbocycles. The molecular weight excluding hydrogens is 382 g/mol. The second kappa shape index (κ2) is 10.2. The Morgan fingerprint density at radius 3 is 2.03 bits per heavy atom. The number of hydrogen-bond acceptors (Lipinski definition) is 4. The van der Waals surface area contributed by atoms with Crippen molar-refractivity contribution in [2.45, 2.75) is 34.1 Å². The molecular formula is C23H25N3O4. The Morgan fingerprint density at radius 2 is 1.47 bits per heavy atom. The maximum Gasteiger partial charge on any atom is 0.251 e. The van der Waals surface area contributed by atoms with Crippen molar-refractivity contribution in [1.29, 1.82) is 0 Å². The van der Waals surface area contributed by atoms with Crippen molar-refractivity contribution in [3.05, 3.63) is 65.2 Å². The number of hydrogen-bond donors (Lipinski definition) is 3. The van der Waals surface area contributed by atoms with Crippen molar-refractivity contribution in [2.24, 2.45) is 0 Å². The van der Waals surface area contributed by atoms with Crippen LogP contribution in [0.25, 0.3) is 0 Å². The quantitative estimate of drug-likeness (QED) is 0.478. The molecule has 0 aromatic heterocycles. The molecule has 0 aliphatic rings. The zero-order chi connectivity index (χ0) is 22.3. The van der Waals surface area contributed by atoms with E-state index in [-0.39, 0.29) is 17.3 Å². The first-order chi connectivity index (χ1) is 14.2. The van der Waals surface area contributed by atoms with Gasteiger partial charge in [-0.1, -0.05) is 13.0 Å². The Bertz CT molecular complexity index is 1010. The van der Waals surface area contributed by atoms with E-state index in [4.69, 9.17) is 0 Å². The van der Waals surface area contributed by atoms with E-state index in [9.17, 15) is 19.2 Å². The normalized spacial score (nSPS) is 10.9. The minimum absolute atomic E-state index is 0.0605. The molecule has 7 nitrogen and oxygen atoms in total. The van der Waals surface area contributed by atoms with Crippen molar-refractivity contribution < 1.29 is 19.2 Å². The predicted octanol–water partition coefficient (Wildman–Crippen LogP) is 3.93. The molecule has 30 heavy (non-hydrogen) atoms. The summed E-state index contributed by atoms with van der Waals surface area (Å²) in [5, 5.41) is 8.12. The summed E-state index contributed by atoms with van der Waals surface area (Å²) >= 11 is 0. The molecule has 0 atom stereocenters. The molecule has 2 aromatic rings. The molecule has 0 heterocycles. The van der Waals surface area contributed by atoms with Gasteiger partial charge in [-0.2, -0.15) is 0 Å². The number of anilines is 3. The van der Waals surface area contributed by atoms with Crippen LogP contribution in [0.5, 0.6) is 0 Å². The van der Waals surface area contributed by atoms with Crippen molar-refractivity contribution in [3.8, 4) is 0 Å². The van der Waals surface area contributed by atoms with Gasteiger partial charge in [0.2, 0.25) is 11.8 Å². The number of amides is 3. The summed E-state index contributed by atoms with van der Waals surface area (Å²) in [5.74, 6) is -1.15. The fourth-order valence-electron chi connectivity index (χ4n) is 2.73. The van der Waals surface area contributed by atoms with Crippen LogP contribution in [0, 0.1) is 0 Å². The molecule has 0 saturated heterocycles. The third-order valence-electron chi connectivity index (χ3n) is 4.32. The minimum atomic E-state index is -0.454. The van der Waals surface area contributed by atoms with E-state index in [1.165, 1.54) is 26.8 Å². The number of Topliss-reactive ketones (excluding diaryl/α,β-unsaturated/α-hetero) is 1. The Morgan fingerprint density at radius 1 is 0.833 bits per heavy atom. The molecule has 0 bridgehead atoms. The number of rotatable bonds is 7. The first-order valence-electron chi connectivity index (χ1n) is 9.51. The van der Waals surface area contributed by atoms with Crippen LogP contribution in [0.3, 0.4) is 0 Å². The van der Waals surface area contributed by atoms with E-state index >= 15 is 0 Å². The largest absolute Gasteiger partial charge is 0.326 e. The maximum absolute atomic E-state index is 12.4. The van der Waals surface area contributed by atoms with E-state index in [2.05, 4.69) is 16.0 Å². The summed E-state index contributed by atoms with van der Waals surface area (Å²) in [7, 11) is 0. The maximum atomic E-state index is 12.4. The molecule has 7 heteroatoms. The van der Waals surface area contributed by atoms with Crippen molar-refractivity contribution in [2.75, 3.05) is 16.0 Å². The molecule has 2 aromatic carbocycles. The zero-order valence-corrected chi connectivity index (χ0v) is 17.5. The van der Waals surface area contributed by atoms with Gasteiger partial charge < -0.3 is 16.0 Å². The van der Waals surface area contributed by atoms with Crippen LogP contribution >= 0.6 is 0 Å². The van der Waals surface area contributed by atoms with E-state index in [0.29, 0.717) is 29.0 Å². The lowest BCUT2D eigenvalue weighted by molar-refractivity contribution is -0.114. The van der Waals surface area contributed by atoms with Crippen molar-refractivity contribution >= 4 is 40.6 Å². The summed E-state index contributed by atoms with van der Waals surface area (Å²) in [6, 6.07) is 11.8. The first kappa shape index (κ1) is 22.5. The van der Waals surface area contributed by atoms with E-state index in [1.807, 2.05) is 13.0 Å². The molecule has 0 radical (unpaired) electrons. The van der Waals surface area contributed by atoms with Gasteiger partial charge in [0.05, 0.1) is 0 Å². The van der Waals surface area contributed by atoms with Crippen LogP contribution in [0.2, 0.25) is 0 Å². The summed E-state index contributed by atoms with van der Waals surface area (Å²) in [5.41, 5.74) is 3.33. The lowest BCUT2D eigenvalue weighted by Gasteiger charge is -2.12. The highest BCUT2D eigenvalue weighted by molar-refractivity contribution is 6.10. The van der Waals surface area contributed by atoms with Crippen LogP contribution in [-0.4, -0.2) is 23.5 Å². The lowest BCUT2D eigenvalue weighted by atomic mass is 10.1. The highest BCUT2D eigenvalue weighted by Gasteiger charge is 2.10. The average Bonchev–Trinajstić information content (AvgIpc) is 2.68. The fourth-order valence-corrected chi connectivity index (χ4v) is 2.73. The molecule has 0 saturated carbocycles. The van der Waals surface area contributed by atoms with Crippen molar-refractivity contribution in [1.82, 2.24) is 0 Å². The number of ketones is 1. The van der Waals surface area contributed by atoms with Gasteiger partial charge in [0.25, 0.3) is 5.91 Å². The molecule has 3 N–H and O–H groups in total. The number of benzene rings is 2. The summed E-state index contributed by atoms with van der Waals surface area (Å²) in [6.07, 6.45) is 1.90. The van der Waals surface area contributed by atoms with Crippen LogP contribution < -0.4 is 16.0 Å². The van der Waals surface area contributed by atoms with Crippen molar-refractivity contribution in [3.63, 3.8) is 0 Å². The molecule has 2 rings (SSSR count). The van der Waals surface area contributed by atoms with Crippen LogP contribution in [0.15, 0.2) is 54.1 Å². The van der Waals surface area contributed by atoms with Gasteiger partial charge in [-0.05, 0) is 62.2 Å². The molecule has 0 unspecified atom stereocenters. The highest BCUT2D eigenvalue weighted by atomic mass is 16.2. The van der Waals surface area contributed by atoms with Gasteiger partial charge in [-0.3, -0.25) is 19.2 Å². The van der Waals surface area contributed by atoms with Gasteiger partial charge in [0.15, 0.2) is 5.78 Å². The van der Waals surface area contributed by atoms with Gasteiger partial charge in [-0.15, -0.1) is 0 Å². The molecule has 0 spiro atoms. The highest BCUT2D eigenvalue weighted by Crippen LogP contribution is 2.22. The monoisotopic (exact) mass is 407 g/mol. The first-order valence-corrected chi connectivity index (χ1v) is 9.51. The Kier molecular flexibility index (Phi) is 7.63. The van der Waals surface area contributed by atoms with Gasteiger partial charge in [-0.25, -0.2) is 0 Å². The number of aryl methyl sites for hydroxylation is 1. The lowest BCUT2D eigenvalue weighted by Crippen LogP contribution is -2.17. The van der Waals surface area contributed by atoms with E-state index in [0.717, 1.165) is 5.56 Å². The molecule has 156 valence electrons. The predicted molar refractivity (Wildman–Crippen MR) is 118 cm³/mol. The second-order valence-corrected chi connectivity index (χ2v) is 6.81. The van der Waals surface area contributed by atoms with Crippen LogP contribution in [0.4, 0.5) is 17.1 Å². The summed E-state index contributed by atoms with van der Waals surface area (Å²) in [4.78, 5) is 47.3. The molecule has 0 fully saturated rings. The fraction of sp³-hybridized carbons (Fsp3) is 0.217. The summed E-state index contributed by atoms with van der Waals surface area (Å²) < 4.78 is 0. The van der Waals surface area contributed by atoms with E-state index in [1.54, 1.807) is 36.4 Å². The third kappa shape index (κ3) is 6.41. The molecule has 0 aliphatic heterocycles. The van der Waals surface area contributed by atoms with E-state index < -0.39 is 11.8 Å². The second-order valence-electron chi connectivity index (χ2n) is 6.81. The van der Waals surface area contributed by atoms with Gasteiger partial charge in [0, 0.05) is 41.2 Å². The standard InChI is InChI=1S/C23H25N3O4/c1-5-17-6-11-20(24-16(4)28)13-21(17)26-22(29)12-14(2)23(30)25-19-9-7-18(8-10-19)15(3)27/h6-13H,5H2,1-4H3,(H,24,28)(H,25,30)(H,26,29)/b14-12-. The molecule has 3 amide bonds. The SMILES string of the molecule is CCc1ccc(NC(C)=O)cc1NC(=O)/C=C(/C)C(=O)Nc1ccc(C(C)=O)cc1. The smallest absolute Gasteiger partial charge is 0.251 e.